The van der Waals surface area contributed by atoms with E-state index < -0.39 is 0 Å². The predicted octanol–water partition coefficient (Wildman–Crippen LogP) is 4.06. The molecule has 0 amide bonds. The summed E-state index contributed by atoms with van der Waals surface area (Å²) in [6, 6.07) is 1.87. The van der Waals surface area contributed by atoms with Crippen LogP contribution in [-0.2, 0) is 4.74 Å². The lowest BCUT2D eigenvalue weighted by Gasteiger charge is -2.45. The van der Waals surface area contributed by atoms with Gasteiger partial charge in [0.25, 0.3) is 0 Å². The molecule has 1 saturated carbocycles. The summed E-state index contributed by atoms with van der Waals surface area (Å²) in [6.45, 7) is 0.827. The lowest BCUT2D eigenvalue weighted by Crippen LogP contribution is -2.44. The summed E-state index contributed by atoms with van der Waals surface area (Å²) in [5.74, 6) is 0.446. The molecule has 2 heterocycles. The Morgan fingerprint density at radius 3 is 2.79 bits per heavy atom. The van der Waals surface area contributed by atoms with Crippen LogP contribution < -0.4 is 5.73 Å². The van der Waals surface area contributed by atoms with Crippen molar-refractivity contribution in [2.45, 2.75) is 56.6 Å². The highest BCUT2D eigenvalue weighted by Gasteiger charge is 2.40. The molecule has 0 radical (unpaired) electrons. The molecule has 1 spiro atoms. The van der Waals surface area contributed by atoms with E-state index in [1.807, 2.05) is 6.07 Å². The highest BCUT2D eigenvalue weighted by molar-refractivity contribution is 6.29. The van der Waals surface area contributed by atoms with Crippen LogP contribution in [0.4, 0.5) is 0 Å². The zero-order valence-corrected chi connectivity index (χ0v) is 12.0. The van der Waals surface area contributed by atoms with Gasteiger partial charge in [0.2, 0.25) is 0 Å². The summed E-state index contributed by atoms with van der Waals surface area (Å²) in [4.78, 5) is 0. The van der Waals surface area contributed by atoms with Gasteiger partial charge in [-0.15, -0.1) is 0 Å². The van der Waals surface area contributed by atoms with Crippen molar-refractivity contribution in [3.05, 3.63) is 23.1 Å². The maximum Gasteiger partial charge on any atom is 0.197 e. The molecule has 19 heavy (non-hydrogen) atoms. The van der Waals surface area contributed by atoms with Crippen LogP contribution in [0.1, 0.15) is 56.6 Å². The van der Waals surface area contributed by atoms with Gasteiger partial charge in [-0.05, 0) is 49.3 Å². The third kappa shape index (κ3) is 2.69. The Bertz CT molecular complexity index is 420. The molecule has 2 atom stereocenters. The first-order valence-electron chi connectivity index (χ1n) is 7.33. The second-order valence-electron chi connectivity index (χ2n) is 6.02. The van der Waals surface area contributed by atoms with Crippen LogP contribution in [0.25, 0.3) is 0 Å². The predicted molar refractivity (Wildman–Crippen MR) is 75.1 cm³/mol. The van der Waals surface area contributed by atoms with Crippen molar-refractivity contribution < 1.29 is 9.15 Å². The molecule has 106 valence electrons. The van der Waals surface area contributed by atoms with E-state index in [4.69, 9.17) is 26.5 Å². The van der Waals surface area contributed by atoms with Gasteiger partial charge in [0.15, 0.2) is 5.22 Å². The fraction of sp³-hybridized carbons (Fsp3) is 0.733. The Hall–Kier alpha value is -0.510. The number of furan rings is 1. The third-order valence-electron chi connectivity index (χ3n) is 4.81. The molecule has 2 unspecified atom stereocenters. The van der Waals surface area contributed by atoms with Crippen LogP contribution in [0.3, 0.4) is 0 Å². The highest BCUT2D eigenvalue weighted by atomic mass is 35.5. The van der Waals surface area contributed by atoms with Gasteiger partial charge in [0.1, 0.15) is 0 Å². The Labute approximate surface area is 119 Å². The van der Waals surface area contributed by atoms with Gasteiger partial charge in [-0.3, -0.25) is 0 Å². The molecule has 0 bridgehead atoms. The van der Waals surface area contributed by atoms with Crippen LogP contribution in [-0.4, -0.2) is 12.2 Å². The zero-order valence-electron chi connectivity index (χ0n) is 11.2. The first-order valence-corrected chi connectivity index (χ1v) is 7.70. The molecule has 3 rings (SSSR count). The molecular formula is C15H22ClNO2. The van der Waals surface area contributed by atoms with Gasteiger partial charge in [-0.2, -0.15) is 0 Å². The van der Waals surface area contributed by atoms with Crippen LogP contribution >= 0.6 is 11.6 Å². The van der Waals surface area contributed by atoms with E-state index in [-0.39, 0.29) is 11.6 Å². The Balaban J connectivity index is 1.72. The van der Waals surface area contributed by atoms with E-state index in [1.54, 1.807) is 6.26 Å². The number of rotatable bonds is 2. The SMILES string of the molecule is NC(c1ccoc1Cl)C1CCOC2(CCCCC2)C1. The van der Waals surface area contributed by atoms with Crippen LogP contribution in [0, 0.1) is 5.92 Å². The maximum atomic E-state index is 6.40. The Morgan fingerprint density at radius 2 is 2.11 bits per heavy atom. The van der Waals surface area contributed by atoms with Crippen molar-refractivity contribution in [2.75, 3.05) is 6.61 Å². The first kappa shape index (κ1) is 13.5. The van der Waals surface area contributed by atoms with Gasteiger partial charge in [0.05, 0.1) is 11.9 Å². The summed E-state index contributed by atoms with van der Waals surface area (Å²) < 4.78 is 11.3. The number of halogens is 1. The van der Waals surface area contributed by atoms with E-state index in [0.717, 1.165) is 25.0 Å². The smallest absolute Gasteiger partial charge is 0.197 e. The normalized spacial score (nSPS) is 28.4. The van der Waals surface area contributed by atoms with E-state index in [0.29, 0.717) is 11.1 Å². The fourth-order valence-electron chi connectivity index (χ4n) is 3.71. The van der Waals surface area contributed by atoms with Crippen LogP contribution in [0.15, 0.2) is 16.7 Å². The van der Waals surface area contributed by atoms with E-state index in [2.05, 4.69) is 0 Å². The van der Waals surface area contributed by atoms with Crippen LogP contribution in [0.5, 0.6) is 0 Å². The lowest BCUT2D eigenvalue weighted by molar-refractivity contribution is -0.120. The summed E-state index contributed by atoms with van der Waals surface area (Å²) in [5.41, 5.74) is 7.44. The maximum absolute atomic E-state index is 6.40. The van der Waals surface area contributed by atoms with Crippen molar-refractivity contribution in [3.8, 4) is 0 Å². The quantitative estimate of drug-likeness (QED) is 0.890. The molecule has 2 N–H and O–H groups in total. The molecule has 2 fully saturated rings. The molecule has 1 aromatic rings. The second-order valence-corrected chi connectivity index (χ2v) is 6.36. The average molecular weight is 284 g/mol. The fourth-order valence-corrected chi connectivity index (χ4v) is 3.95. The molecular weight excluding hydrogens is 262 g/mol. The summed E-state index contributed by atoms with van der Waals surface area (Å²) >= 11 is 6.05. The Kier molecular flexibility index (Phi) is 3.88. The second kappa shape index (κ2) is 5.47. The van der Waals surface area contributed by atoms with E-state index in [1.165, 1.54) is 32.1 Å². The number of nitrogens with two attached hydrogens (primary N) is 1. The molecule has 1 aliphatic carbocycles. The molecule has 0 aromatic carbocycles. The third-order valence-corrected chi connectivity index (χ3v) is 5.12. The molecule has 1 saturated heterocycles. The van der Waals surface area contributed by atoms with E-state index >= 15 is 0 Å². The minimum Gasteiger partial charge on any atom is -0.453 e. The van der Waals surface area contributed by atoms with Crippen molar-refractivity contribution >= 4 is 11.6 Å². The average Bonchev–Trinajstić information content (AvgIpc) is 2.85. The van der Waals surface area contributed by atoms with Crippen molar-refractivity contribution in [1.29, 1.82) is 0 Å². The topological polar surface area (TPSA) is 48.4 Å². The summed E-state index contributed by atoms with van der Waals surface area (Å²) in [7, 11) is 0. The summed E-state index contributed by atoms with van der Waals surface area (Å²) in [6.07, 6.45) is 10.00. The first-order chi connectivity index (χ1) is 9.20. The molecule has 1 aliphatic heterocycles. The standard InChI is InChI=1S/C15H22ClNO2/c16-14-12(5-8-18-14)13(17)11-4-9-19-15(10-11)6-2-1-3-7-15/h5,8,11,13H,1-4,6-7,9-10,17H2. The van der Waals surface area contributed by atoms with Gasteiger partial charge in [-0.1, -0.05) is 19.3 Å². The number of hydrogen-bond acceptors (Lipinski definition) is 3. The number of ether oxygens (including phenoxy) is 1. The minimum atomic E-state index is -0.0334. The minimum absolute atomic E-state index is 0.0334. The van der Waals surface area contributed by atoms with E-state index in [9.17, 15) is 0 Å². The number of hydrogen-bond donors (Lipinski definition) is 1. The molecule has 3 nitrogen and oxygen atoms in total. The largest absolute Gasteiger partial charge is 0.453 e. The van der Waals surface area contributed by atoms with Gasteiger partial charge < -0.3 is 14.9 Å². The zero-order chi connectivity index (χ0) is 13.3. The summed E-state index contributed by atoms with van der Waals surface area (Å²) in [5, 5.41) is 0.441. The lowest BCUT2D eigenvalue weighted by atomic mass is 9.73. The van der Waals surface area contributed by atoms with Crippen molar-refractivity contribution in [1.82, 2.24) is 0 Å². The Morgan fingerprint density at radius 1 is 1.32 bits per heavy atom. The van der Waals surface area contributed by atoms with Gasteiger partial charge in [-0.25, -0.2) is 0 Å². The van der Waals surface area contributed by atoms with Crippen molar-refractivity contribution in [3.63, 3.8) is 0 Å². The van der Waals surface area contributed by atoms with Gasteiger partial charge >= 0.3 is 0 Å². The molecule has 1 aromatic heterocycles. The van der Waals surface area contributed by atoms with Gasteiger partial charge in [0, 0.05) is 18.2 Å². The van der Waals surface area contributed by atoms with Crippen LogP contribution in [0.2, 0.25) is 5.22 Å². The highest BCUT2D eigenvalue weighted by Crippen LogP contribution is 2.44. The van der Waals surface area contributed by atoms with Crippen molar-refractivity contribution in [2.24, 2.45) is 11.7 Å². The molecule has 4 heteroatoms. The monoisotopic (exact) mass is 283 g/mol. The molecule has 2 aliphatic rings.